The molecule has 0 aliphatic heterocycles. The van der Waals surface area contributed by atoms with Crippen molar-refractivity contribution in [2.45, 2.75) is 0 Å². The number of hydrogen-bond acceptors (Lipinski definition) is 4. The second-order valence-electron chi connectivity index (χ2n) is 0. The van der Waals surface area contributed by atoms with E-state index in [-0.39, 0.29) is 17.4 Å². The first-order valence-corrected chi connectivity index (χ1v) is 0.730. The number of nitrogens with zero attached hydrogens (tertiary/aromatic N) is 4. The van der Waals surface area contributed by atoms with Crippen molar-refractivity contribution in [1.82, 2.24) is 0 Å². The fourth-order valence-corrected chi connectivity index (χ4v) is 0. The van der Waals surface area contributed by atoms with Crippen molar-refractivity contribution in [3.05, 3.63) is 42.0 Å². The van der Waals surface area contributed by atoms with Crippen LogP contribution in [0.25, 0.3) is 22.4 Å². The number of hydrogen-bond donors (Lipinski definition) is 0. The summed E-state index contributed by atoms with van der Waals surface area (Å²) in [4.78, 5) is 29.0. The van der Waals surface area contributed by atoms with Gasteiger partial charge in [-0.2, -0.15) is 0 Å². The van der Waals surface area contributed by atoms with Crippen molar-refractivity contribution in [1.29, 1.82) is 0 Å². The van der Waals surface area contributed by atoms with E-state index in [4.69, 9.17) is 42.0 Å². The van der Waals surface area contributed by atoms with Crippen LogP contribution in [-0.2, 0) is 17.4 Å². The van der Waals surface area contributed by atoms with E-state index in [9.17, 15) is 0 Å². The Labute approximate surface area is 60.2 Å². The molecule has 0 fully saturated rings. The predicted octanol–water partition coefficient (Wildman–Crippen LogP) is 1.29. The Morgan fingerprint density at radius 1 is 0.444 bits per heavy atom. The van der Waals surface area contributed by atoms with Crippen molar-refractivity contribution in [2.24, 2.45) is 0 Å². The Balaban J connectivity index is -0.00000000762. The third kappa shape index (κ3) is 148. The fourth-order valence-electron chi connectivity index (χ4n) is 0. The minimum Gasteiger partial charge on any atom is -0.577 e. The molecule has 0 N–H and O–H groups in total. The smallest absolute Gasteiger partial charge is 0.577 e. The maximum absolute atomic E-state index is 7.25. The SMILES string of the molecule is [Cr+4].[N-]=O.[N-]=O.[N-]=O.[N-]=O. The van der Waals surface area contributed by atoms with E-state index in [0.717, 1.165) is 0 Å². The van der Waals surface area contributed by atoms with Gasteiger partial charge < -0.3 is 42.0 Å². The molecule has 9 heavy (non-hydrogen) atoms. The predicted molar refractivity (Wildman–Crippen MR) is 26.9 cm³/mol. The molecule has 0 aromatic rings. The number of nitroso groups, excluding NO2 is 4. The van der Waals surface area contributed by atoms with Crippen LogP contribution in [0.3, 0.4) is 0 Å². The summed E-state index contributed by atoms with van der Waals surface area (Å²) < 4.78 is 0. The fraction of sp³-hybridized carbons (Fsp3) is 0. The van der Waals surface area contributed by atoms with Crippen LogP contribution in [0.2, 0.25) is 0 Å². The van der Waals surface area contributed by atoms with Crippen molar-refractivity contribution in [3.63, 3.8) is 0 Å². The van der Waals surface area contributed by atoms with E-state index in [0.29, 0.717) is 0 Å². The molecular formula is CrN4O4. The third-order valence-electron chi connectivity index (χ3n) is 0. The molecule has 0 saturated carbocycles. The summed E-state index contributed by atoms with van der Waals surface area (Å²) in [5.74, 6) is 0. The van der Waals surface area contributed by atoms with Crippen LogP contribution in [-0.4, -0.2) is 0 Å². The van der Waals surface area contributed by atoms with Gasteiger partial charge in [-0.1, -0.05) is 0 Å². The Kier molecular flexibility index (Phi) is 1050. The van der Waals surface area contributed by atoms with Crippen LogP contribution < -0.4 is 0 Å². The molecule has 0 spiro atoms. The van der Waals surface area contributed by atoms with Crippen molar-refractivity contribution in [3.8, 4) is 0 Å². The molecule has 50 valence electrons. The standard InChI is InChI=1S/Cr.4NO/c;4*1-2/q+4;4*-1. The van der Waals surface area contributed by atoms with Crippen molar-refractivity contribution < 1.29 is 17.4 Å². The first kappa shape index (κ1) is 44.3. The second-order valence-corrected chi connectivity index (χ2v) is 0. The molecular weight excluding hydrogens is 172 g/mol. The number of rotatable bonds is 0. The third-order valence-corrected chi connectivity index (χ3v) is 0. The maximum Gasteiger partial charge on any atom is 4.00 e. The zero-order valence-electron chi connectivity index (χ0n) is 3.83. The summed E-state index contributed by atoms with van der Waals surface area (Å²) in [7, 11) is 0. The first-order chi connectivity index (χ1) is 4.00. The molecule has 0 radical (unpaired) electrons. The van der Waals surface area contributed by atoms with Gasteiger partial charge in [-0.3, -0.25) is 0 Å². The normalized spacial score (nSPS) is 1.78. The minimum atomic E-state index is 0. The monoisotopic (exact) mass is 172 g/mol. The van der Waals surface area contributed by atoms with Crippen LogP contribution in [0.15, 0.2) is 0 Å². The van der Waals surface area contributed by atoms with Crippen molar-refractivity contribution >= 4 is 0 Å². The van der Waals surface area contributed by atoms with Gasteiger partial charge in [-0.05, 0) is 0 Å². The quantitative estimate of drug-likeness (QED) is 0.538. The molecule has 0 aliphatic rings. The summed E-state index contributed by atoms with van der Waals surface area (Å²) in [5.41, 5.74) is 23.0. The molecule has 0 atom stereocenters. The molecule has 0 rings (SSSR count). The zero-order valence-corrected chi connectivity index (χ0v) is 5.11. The summed E-state index contributed by atoms with van der Waals surface area (Å²) in [5, 5.41) is 0. The van der Waals surface area contributed by atoms with E-state index in [1.165, 1.54) is 0 Å². The molecule has 0 unspecified atom stereocenters. The molecule has 0 amide bonds. The van der Waals surface area contributed by atoms with E-state index < -0.39 is 0 Å². The van der Waals surface area contributed by atoms with Crippen LogP contribution in [0.4, 0.5) is 0 Å². The molecule has 8 nitrogen and oxygen atoms in total. The summed E-state index contributed by atoms with van der Waals surface area (Å²) in [6.07, 6.45) is 0. The average molecular weight is 172 g/mol. The Hall–Kier alpha value is -1.07. The van der Waals surface area contributed by atoms with Gasteiger partial charge >= 0.3 is 17.4 Å². The maximum atomic E-state index is 7.25. The topological polar surface area (TPSA) is 157 Å². The second kappa shape index (κ2) is 214. The van der Waals surface area contributed by atoms with Gasteiger partial charge in [0.05, 0.1) is 0 Å². The van der Waals surface area contributed by atoms with Crippen LogP contribution in [0.5, 0.6) is 0 Å². The van der Waals surface area contributed by atoms with Crippen LogP contribution in [0, 0.1) is 19.6 Å². The molecule has 0 aliphatic carbocycles. The van der Waals surface area contributed by atoms with Crippen LogP contribution >= 0.6 is 0 Å². The van der Waals surface area contributed by atoms with Crippen molar-refractivity contribution in [2.75, 3.05) is 0 Å². The van der Waals surface area contributed by atoms with Gasteiger partial charge in [-0.15, -0.1) is 0 Å². The van der Waals surface area contributed by atoms with Gasteiger partial charge in [0.1, 0.15) is 0 Å². The molecule has 0 bridgehead atoms. The van der Waals surface area contributed by atoms with Crippen LogP contribution in [0.1, 0.15) is 0 Å². The molecule has 0 aromatic heterocycles. The average Bonchev–Trinajstić information content (AvgIpc) is 2.03. The zero-order chi connectivity index (χ0) is 8.00. The largest absolute Gasteiger partial charge is 4.00 e. The van der Waals surface area contributed by atoms with E-state index in [1.54, 1.807) is 0 Å². The van der Waals surface area contributed by atoms with Gasteiger partial charge in [0, 0.05) is 0 Å². The first-order valence-electron chi connectivity index (χ1n) is 0.730. The van der Waals surface area contributed by atoms with Gasteiger partial charge in [-0.25, -0.2) is 0 Å². The molecule has 9 heteroatoms. The molecule has 0 aromatic carbocycles. The molecule has 0 saturated heterocycles. The van der Waals surface area contributed by atoms with E-state index >= 15 is 0 Å². The Morgan fingerprint density at radius 2 is 0.444 bits per heavy atom. The van der Waals surface area contributed by atoms with E-state index in [1.807, 2.05) is 0 Å². The van der Waals surface area contributed by atoms with Gasteiger partial charge in [0.15, 0.2) is 0 Å². The summed E-state index contributed by atoms with van der Waals surface area (Å²) in [6.45, 7) is 0. The summed E-state index contributed by atoms with van der Waals surface area (Å²) >= 11 is 0. The van der Waals surface area contributed by atoms with Gasteiger partial charge in [0.25, 0.3) is 0 Å². The van der Waals surface area contributed by atoms with E-state index in [2.05, 4.69) is 0 Å². The summed E-state index contributed by atoms with van der Waals surface area (Å²) in [6, 6.07) is 0. The molecule has 0 heterocycles. The van der Waals surface area contributed by atoms with Gasteiger partial charge in [0.2, 0.25) is 0 Å². The Morgan fingerprint density at radius 3 is 0.444 bits per heavy atom. The Bertz CT molecular complexity index is 20.5. The minimum absolute atomic E-state index is 0.